The van der Waals surface area contributed by atoms with E-state index in [0.29, 0.717) is 62.3 Å². The van der Waals surface area contributed by atoms with Gasteiger partial charge < -0.3 is 34.5 Å². The van der Waals surface area contributed by atoms with Crippen LogP contribution in [0.2, 0.25) is 0 Å². The number of sulfonamides is 1. The lowest BCUT2D eigenvalue weighted by Gasteiger charge is -2.58. The zero-order valence-corrected chi connectivity index (χ0v) is 46.2. The first-order chi connectivity index (χ1) is 37.9. The van der Waals surface area contributed by atoms with Crippen LogP contribution in [0.25, 0.3) is 11.0 Å². The third-order valence-electron chi connectivity index (χ3n) is 17.5. The van der Waals surface area contributed by atoms with Gasteiger partial charge in [0.25, 0.3) is 21.8 Å². The maximum Gasteiger partial charge on any atom is 0.312 e. The van der Waals surface area contributed by atoms with Gasteiger partial charge in [-0.3, -0.25) is 24.7 Å². The van der Waals surface area contributed by atoms with E-state index < -0.39 is 42.9 Å². The number of halogens is 1. The van der Waals surface area contributed by atoms with Crippen molar-refractivity contribution in [1.29, 1.82) is 0 Å². The van der Waals surface area contributed by atoms with Crippen LogP contribution in [0.15, 0.2) is 96.2 Å². The number of rotatable bonds is 18. The number of methoxy groups -OCH3 is 1. The monoisotopic (exact) mass is 1100 g/mol. The molecule has 18 nitrogen and oxygen atoms in total. The third kappa shape index (κ3) is 11.0. The molecule has 6 aromatic rings. The second kappa shape index (κ2) is 21.6. The molecule has 0 radical (unpaired) electrons. The average molecular weight is 1100 g/mol. The summed E-state index contributed by atoms with van der Waals surface area (Å²) < 4.78 is 62.7. The van der Waals surface area contributed by atoms with Crippen LogP contribution in [0, 0.1) is 27.3 Å². The molecule has 3 aliphatic heterocycles. The van der Waals surface area contributed by atoms with E-state index in [1.54, 1.807) is 33.1 Å². The summed E-state index contributed by atoms with van der Waals surface area (Å²) in [5.74, 6) is -0.409. The van der Waals surface area contributed by atoms with Gasteiger partial charge in [-0.05, 0) is 130 Å². The van der Waals surface area contributed by atoms with E-state index in [4.69, 9.17) is 14.2 Å². The molecule has 20 heteroatoms. The number of pyridine rings is 2. The number of aromatic nitrogens is 3. The summed E-state index contributed by atoms with van der Waals surface area (Å²) >= 11 is 0. The summed E-state index contributed by atoms with van der Waals surface area (Å²) in [5.41, 5.74) is 3.77. The number of benzene rings is 3. The van der Waals surface area contributed by atoms with Crippen molar-refractivity contribution in [1.82, 2.24) is 29.5 Å². The number of hydrogen-bond donors (Lipinski definition) is 4. The SMILES string of the molecule is CCOc1nc2[nH]cc(F)c2cc1Oc1cc(N2CCC3(CC2)CC(N2[C@H]4C[C@@H]([C@H]2c2ccccc2C(C)C)N(Cc2ccc(OC)cc2)C4)C3)ccc1C(=O)NS(=O)(=O)c1cnc(NCC2CCC(C)(O)CC2)c([N+](=O)[O-])c1. The van der Waals surface area contributed by atoms with E-state index in [9.17, 15) is 28.4 Å². The van der Waals surface area contributed by atoms with E-state index >= 15 is 4.39 Å². The summed E-state index contributed by atoms with van der Waals surface area (Å²) in [6.45, 7) is 12.1. The Morgan fingerprint density at radius 2 is 1.75 bits per heavy atom. The highest BCUT2D eigenvalue weighted by atomic mass is 32.2. The average Bonchev–Trinajstić information content (AvgIpc) is 3.95. The molecule has 2 bridgehead atoms. The van der Waals surface area contributed by atoms with Gasteiger partial charge in [0.15, 0.2) is 5.75 Å². The molecule has 3 atom stereocenters. The minimum absolute atomic E-state index is 0.00433. The maximum absolute atomic E-state index is 15.0. The van der Waals surface area contributed by atoms with Gasteiger partial charge in [-0.2, -0.15) is 4.98 Å². The highest BCUT2D eigenvalue weighted by Crippen LogP contribution is 2.58. The van der Waals surface area contributed by atoms with Gasteiger partial charge in [-0.1, -0.05) is 50.2 Å². The predicted octanol–water partition coefficient (Wildman–Crippen LogP) is 10.2. The van der Waals surface area contributed by atoms with Crippen LogP contribution in [-0.2, 0) is 16.6 Å². The zero-order chi connectivity index (χ0) is 55.4. The molecular formula is C59H70FN9O9S. The number of aromatic amines is 1. The fourth-order valence-electron chi connectivity index (χ4n) is 13.3. The van der Waals surface area contributed by atoms with E-state index in [2.05, 4.69) is 89.9 Å². The number of nitrogens with one attached hydrogen (secondary N) is 3. The van der Waals surface area contributed by atoms with Crippen molar-refractivity contribution in [3.05, 3.63) is 129 Å². The number of carbonyl (C=O) groups is 1. The van der Waals surface area contributed by atoms with Crippen molar-refractivity contribution >= 4 is 44.2 Å². The van der Waals surface area contributed by atoms with Crippen LogP contribution in [0.5, 0.6) is 23.1 Å². The number of anilines is 2. The molecule has 3 aromatic carbocycles. The van der Waals surface area contributed by atoms with Crippen LogP contribution < -0.4 is 29.1 Å². The Balaban J connectivity index is 0.816. The van der Waals surface area contributed by atoms with E-state index in [-0.39, 0.29) is 57.7 Å². The van der Waals surface area contributed by atoms with Crippen molar-refractivity contribution in [2.24, 2.45) is 11.3 Å². The lowest BCUT2D eigenvalue weighted by atomic mass is 9.59. The van der Waals surface area contributed by atoms with Crippen molar-refractivity contribution in [3.63, 3.8) is 0 Å². The third-order valence-corrected chi connectivity index (χ3v) is 18.8. The van der Waals surface area contributed by atoms with Gasteiger partial charge >= 0.3 is 5.69 Å². The lowest BCUT2D eigenvalue weighted by Crippen LogP contribution is -2.60. The van der Waals surface area contributed by atoms with E-state index in [1.165, 1.54) is 28.8 Å². The fourth-order valence-corrected chi connectivity index (χ4v) is 14.2. The quantitative estimate of drug-likeness (QED) is 0.0465. The Morgan fingerprint density at radius 3 is 2.46 bits per heavy atom. The first kappa shape index (κ1) is 54.1. The number of hydrogen-bond acceptors (Lipinski definition) is 15. The van der Waals surface area contributed by atoms with E-state index in [1.807, 2.05) is 12.1 Å². The second-order valence-corrected chi connectivity index (χ2v) is 24.7. The molecule has 2 saturated carbocycles. The number of ether oxygens (including phenoxy) is 3. The largest absolute Gasteiger partial charge is 0.497 e. The number of likely N-dealkylation sites (tertiary alicyclic amines) is 2. The van der Waals surface area contributed by atoms with Crippen molar-refractivity contribution in [2.75, 3.05) is 50.1 Å². The number of piperidine rings is 1. The molecule has 5 fully saturated rings. The molecule has 0 unspecified atom stereocenters. The number of aliphatic hydroxyl groups is 1. The second-order valence-electron chi connectivity index (χ2n) is 23.1. The molecule has 4 N–H and O–H groups in total. The topological polar surface area (TPSA) is 218 Å². The number of carbonyl (C=O) groups excluding carboxylic acids is 1. The summed E-state index contributed by atoms with van der Waals surface area (Å²) in [6, 6.07) is 26.3. The van der Waals surface area contributed by atoms with Crippen molar-refractivity contribution in [2.45, 2.75) is 133 Å². The van der Waals surface area contributed by atoms with Crippen molar-refractivity contribution < 1.29 is 41.8 Å². The highest BCUT2D eigenvalue weighted by Gasteiger charge is 2.58. The maximum atomic E-state index is 15.0. The Kier molecular flexibility index (Phi) is 14.8. The molecule has 5 aliphatic rings. The van der Waals surface area contributed by atoms with Crippen molar-refractivity contribution in [3.8, 4) is 23.1 Å². The van der Waals surface area contributed by atoms with Crippen LogP contribution >= 0.6 is 0 Å². The summed E-state index contributed by atoms with van der Waals surface area (Å²) in [4.78, 5) is 44.4. The Morgan fingerprint density at radius 1 is 1.00 bits per heavy atom. The molecule has 11 rings (SSSR count). The smallest absolute Gasteiger partial charge is 0.312 e. The summed E-state index contributed by atoms with van der Waals surface area (Å²) in [7, 11) is -3.05. The number of nitrogens with zero attached hydrogens (tertiary/aromatic N) is 6. The van der Waals surface area contributed by atoms with Gasteiger partial charge in [0.2, 0.25) is 5.82 Å². The van der Waals surface area contributed by atoms with Gasteiger partial charge in [-0.25, -0.2) is 22.5 Å². The highest BCUT2D eigenvalue weighted by molar-refractivity contribution is 7.90. The summed E-state index contributed by atoms with van der Waals surface area (Å²) in [6.07, 6.45) is 10.0. The molecule has 3 aromatic heterocycles. The minimum atomic E-state index is -4.75. The Hall–Kier alpha value is -6.87. The predicted molar refractivity (Wildman–Crippen MR) is 298 cm³/mol. The van der Waals surface area contributed by atoms with E-state index in [0.717, 1.165) is 88.2 Å². The van der Waals surface area contributed by atoms with Gasteiger partial charge in [0.1, 0.15) is 27.9 Å². The Bertz CT molecular complexity index is 3350. The first-order valence-electron chi connectivity index (χ1n) is 27.7. The van der Waals surface area contributed by atoms with Crippen LogP contribution in [0.3, 0.4) is 0 Å². The molecular weight excluding hydrogens is 1030 g/mol. The fraction of sp³-hybridized carbons (Fsp3) is 0.475. The molecule has 6 heterocycles. The first-order valence-corrected chi connectivity index (χ1v) is 29.2. The van der Waals surface area contributed by atoms with Crippen LogP contribution in [-0.4, -0.2) is 113 Å². The molecule has 79 heavy (non-hydrogen) atoms. The zero-order valence-electron chi connectivity index (χ0n) is 45.4. The van der Waals surface area contributed by atoms with Crippen LogP contribution in [0.1, 0.15) is 124 Å². The number of H-pyrrole nitrogens is 1. The Labute approximate surface area is 460 Å². The summed E-state index contributed by atoms with van der Waals surface area (Å²) in [5, 5.41) is 25.7. The number of nitro groups is 1. The van der Waals surface area contributed by atoms with Crippen LogP contribution in [0.4, 0.5) is 21.6 Å². The lowest BCUT2D eigenvalue weighted by molar-refractivity contribution is -0.384. The normalized spacial score (nSPS) is 23.3. The number of amides is 1. The number of piperazine rings is 1. The molecule has 418 valence electrons. The number of fused-ring (bicyclic) bond motifs is 3. The van der Waals surface area contributed by atoms with Gasteiger partial charge in [-0.15, -0.1) is 0 Å². The molecule has 1 spiro atoms. The molecule has 1 amide bonds. The standard InChI is InChI=1S/C59H70FN9O9S/c1-6-77-57-52(28-47-48(60)33-63-54(47)64-57)78-51-26-39(13-16-46(51)56(70)65-79(74,75)43-27-50(69(72)73)55(62-32-43)61-31-37-17-19-58(4,71)20-18-37)66-23-21-59(22-24-66)29-41(30-59)68-40-25-49(53(68)45-10-8-7-9-44(45)36(2)3)67(35-40)34-38-11-14-42(76-5)15-12-38/h7-16,26-28,32-33,36-37,40-41,49,53,71H,6,17-25,29-31,34-35H2,1-5H3,(H,61,62)(H,63,64)(H,65,70)/t37?,40-,49-,53+,58?/m0/s1. The molecule has 2 aliphatic carbocycles. The minimum Gasteiger partial charge on any atom is -0.497 e. The van der Waals surface area contributed by atoms with Gasteiger partial charge in [0.05, 0.1) is 47.4 Å². The molecule has 3 saturated heterocycles. The van der Waals surface area contributed by atoms with Gasteiger partial charge in [0, 0.05) is 80.9 Å².